The van der Waals surface area contributed by atoms with Crippen LogP contribution in [0.15, 0.2) is 24.5 Å². The summed E-state index contributed by atoms with van der Waals surface area (Å²) in [5.41, 5.74) is 9.49. The number of aryl methyl sites for hydroxylation is 2. The van der Waals surface area contributed by atoms with E-state index in [1.807, 2.05) is 21.8 Å². The lowest BCUT2D eigenvalue weighted by atomic mass is 10.2. The minimum atomic E-state index is 0.617. The Morgan fingerprint density at radius 1 is 0.800 bits per heavy atom. The molecule has 3 rings (SSSR count). The standard InChI is InChI=1S/C17H24N8/c1-3-5-7-24-11-16(20-22-24)14-9-13(18)10-15(19-14)17-12-25(23-21-17)8-6-4-2/h9-12H,3-8H2,1-2H3,(H2,18,19). The van der Waals surface area contributed by atoms with E-state index in [9.17, 15) is 0 Å². The lowest BCUT2D eigenvalue weighted by molar-refractivity contribution is 0.553. The molecule has 0 fully saturated rings. The minimum absolute atomic E-state index is 0.617. The second-order valence-electron chi connectivity index (χ2n) is 6.11. The molecular formula is C17H24N8. The zero-order valence-electron chi connectivity index (χ0n) is 14.8. The van der Waals surface area contributed by atoms with Crippen LogP contribution in [0.3, 0.4) is 0 Å². The summed E-state index contributed by atoms with van der Waals surface area (Å²) in [4.78, 5) is 4.65. The van der Waals surface area contributed by atoms with Crippen molar-refractivity contribution in [2.24, 2.45) is 0 Å². The number of nitrogen functional groups attached to an aromatic ring is 1. The van der Waals surface area contributed by atoms with Crippen molar-refractivity contribution in [3.05, 3.63) is 24.5 Å². The molecule has 0 atom stereocenters. The third kappa shape index (κ3) is 4.20. The molecule has 0 amide bonds. The van der Waals surface area contributed by atoms with Crippen molar-refractivity contribution < 1.29 is 0 Å². The van der Waals surface area contributed by atoms with Gasteiger partial charge in [-0.2, -0.15) is 0 Å². The Hall–Kier alpha value is -2.77. The van der Waals surface area contributed by atoms with Crippen molar-refractivity contribution in [3.8, 4) is 22.8 Å². The van der Waals surface area contributed by atoms with Gasteiger partial charge in [-0.15, -0.1) is 10.2 Å². The summed E-state index contributed by atoms with van der Waals surface area (Å²) in [6, 6.07) is 3.61. The van der Waals surface area contributed by atoms with E-state index in [1.54, 1.807) is 12.1 Å². The first-order chi connectivity index (χ1) is 12.2. The smallest absolute Gasteiger partial charge is 0.131 e. The van der Waals surface area contributed by atoms with E-state index in [1.165, 1.54) is 0 Å². The molecule has 0 saturated heterocycles. The van der Waals surface area contributed by atoms with Gasteiger partial charge in [0.1, 0.15) is 11.4 Å². The lowest BCUT2D eigenvalue weighted by Gasteiger charge is -2.02. The second-order valence-corrected chi connectivity index (χ2v) is 6.11. The Labute approximate surface area is 147 Å². The Morgan fingerprint density at radius 2 is 1.28 bits per heavy atom. The normalized spacial score (nSPS) is 11.1. The third-order valence-electron chi connectivity index (χ3n) is 3.93. The molecule has 0 aromatic carbocycles. The molecule has 3 aromatic rings. The van der Waals surface area contributed by atoms with Gasteiger partial charge in [-0.25, -0.2) is 4.98 Å². The van der Waals surface area contributed by atoms with Gasteiger partial charge in [-0.05, 0) is 25.0 Å². The van der Waals surface area contributed by atoms with Crippen LogP contribution < -0.4 is 5.73 Å². The molecule has 2 N–H and O–H groups in total. The van der Waals surface area contributed by atoms with Crippen LogP contribution in [-0.4, -0.2) is 35.0 Å². The van der Waals surface area contributed by atoms with Crippen LogP contribution in [0.1, 0.15) is 39.5 Å². The van der Waals surface area contributed by atoms with Crippen LogP contribution >= 0.6 is 0 Å². The summed E-state index contributed by atoms with van der Waals surface area (Å²) < 4.78 is 3.68. The molecule has 132 valence electrons. The average molecular weight is 340 g/mol. The van der Waals surface area contributed by atoms with Crippen molar-refractivity contribution in [1.82, 2.24) is 35.0 Å². The van der Waals surface area contributed by atoms with Crippen LogP contribution in [0, 0.1) is 0 Å². The van der Waals surface area contributed by atoms with Crippen molar-refractivity contribution in [3.63, 3.8) is 0 Å². The fraction of sp³-hybridized carbons (Fsp3) is 0.471. The van der Waals surface area contributed by atoms with Gasteiger partial charge in [0, 0.05) is 18.8 Å². The largest absolute Gasteiger partial charge is 0.399 e. The molecule has 25 heavy (non-hydrogen) atoms. The quantitative estimate of drug-likeness (QED) is 0.677. The summed E-state index contributed by atoms with van der Waals surface area (Å²) in [6.07, 6.45) is 8.17. The molecule has 0 aliphatic rings. The van der Waals surface area contributed by atoms with Crippen molar-refractivity contribution in [1.29, 1.82) is 0 Å². The number of nitrogens with two attached hydrogens (primary N) is 1. The number of rotatable bonds is 8. The number of pyridine rings is 1. The highest BCUT2D eigenvalue weighted by Crippen LogP contribution is 2.23. The van der Waals surface area contributed by atoms with Crippen LogP contribution in [0.25, 0.3) is 22.8 Å². The van der Waals surface area contributed by atoms with Crippen molar-refractivity contribution in [2.45, 2.75) is 52.6 Å². The maximum atomic E-state index is 6.06. The molecule has 0 aliphatic heterocycles. The van der Waals surface area contributed by atoms with Crippen LogP contribution in [-0.2, 0) is 13.1 Å². The summed E-state index contributed by atoms with van der Waals surface area (Å²) >= 11 is 0. The van der Waals surface area contributed by atoms with Gasteiger partial charge in [0.25, 0.3) is 0 Å². The topological polar surface area (TPSA) is 100 Å². The number of hydrogen-bond donors (Lipinski definition) is 1. The lowest BCUT2D eigenvalue weighted by Crippen LogP contribution is -1.97. The highest BCUT2D eigenvalue weighted by Gasteiger charge is 2.12. The number of anilines is 1. The maximum Gasteiger partial charge on any atom is 0.131 e. The van der Waals surface area contributed by atoms with Crippen LogP contribution in [0.2, 0.25) is 0 Å². The van der Waals surface area contributed by atoms with Gasteiger partial charge in [-0.1, -0.05) is 37.1 Å². The van der Waals surface area contributed by atoms with Crippen LogP contribution in [0.4, 0.5) is 5.69 Å². The first-order valence-electron chi connectivity index (χ1n) is 8.78. The Morgan fingerprint density at radius 3 is 1.72 bits per heavy atom. The van der Waals surface area contributed by atoms with Gasteiger partial charge in [0.05, 0.1) is 23.8 Å². The van der Waals surface area contributed by atoms with E-state index in [4.69, 9.17) is 5.73 Å². The van der Waals surface area contributed by atoms with E-state index in [0.29, 0.717) is 28.5 Å². The fourth-order valence-corrected chi connectivity index (χ4v) is 2.50. The first-order valence-corrected chi connectivity index (χ1v) is 8.78. The monoisotopic (exact) mass is 340 g/mol. The molecule has 3 heterocycles. The van der Waals surface area contributed by atoms with Gasteiger partial charge >= 0.3 is 0 Å². The SMILES string of the molecule is CCCCn1cc(-c2cc(N)cc(-c3cn(CCCC)nn3)n2)nn1. The maximum absolute atomic E-state index is 6.06. The highest BCUT2D eigenvalue weighted by molar-refractivity contribution is 5.66. The summed E-state index contributed by atoms with van der Waals surface area (Å²) in [5.74, 6) is 0. The number of hydrogen-bond acceptors (Lipinski definition) is 6. The minimum Gasteiger partial charge on any atom is -0.399 e. The molecule has 0 bridgehead atoms. The van der Waals surface area contributed by atoms with Gasteiger partial charge < -0.3 is 5.73 Å². The molecule has 0 saturated carbocycles. The zero-order valence-corrected chi connectivity index (χ0v) is 14.8. The highest BCUT2D eigenvalue weighted by atomic mass is 15.4. The molecule has 0 spiro atoms. The third-order valence-corrected chi connectivity index (χ3v) is 3.93. The first kappa shape index (κ1) is 17.1. The summed E-state index contributed by atoms with van der Waals surface area (Å²) in [7, 11) is 0. The van der Waals surface area contributed by atoms with Crippen molar-refractivity contribution >= 4 is 5.69 Å². The van der Waals surface area contributed by atoms with E-state index in [2.05, 4.69) is 39.5 Å². The van der Waals surface area contributed by atoms with Gasteiger partial charge in [-0.3, -0.25) is 9.36 Å². The number of aromatic nitrogens is 7. The zero-order chi connectivity index (χ0) is 17.6. The van der Waals surface area contributed by atoms with Gasteiger partial charge in [0.15, 0.2) is 0 Å². The Balaban J connectivity index is 1.85. The molecular weight excluding hydrogens is 316 g/mol. The van der Waals surface area contributed by atoms with Crippen molar-refractivity contribution in [2.75, 3.05) is 5.73 Å². The Kier molecular flexibility index (Phi) is 5.37. The van der Waals surface area contributed by atoms with E-state index in [0.717, 1.165) is 38.8 Å². The molecule has 0 radical (unpaired) electrons. The molecule has 8 heteroatoms. The molecule has 0 unspecified atom stereocenters. The summed E-state index contributed by atoms with van der Waals surface area (Å²) in [6.45, 7) is 6.00. The molecule has 3 aromatic heterocycles. The summed E-state index contributed by atoms with van der Waals surface area (Å²) in [5, 5.41) is 16.7. The predicted octanol–water partition coefficient (Wildman–Crippen LogP) is 2.78. The second kappa shape index (κ2) is 7.87. The predicted molar refractivity (Wildman–Crippen MR) is 96.5 cm³/mol. The van der Waals surface area contributed by atoms with E-state index < -0.39 is 0 Å². The number of unbranched alkanes of at least 4 members (excludes halogenated alkanes) is 2. The van der Waals surface area contributed by atoms with Gasteiger partial charge in [0.2, 0.25) is 0 Å². The molecule has 8 nitrogen and oxygen atoms in total. The fourth-order valence-electron chi connectivity index (χ4n) is 2.50. The number of nitrogens with zero attached hydrogens (tertiary/aromatic N) is 7. The van der Waals surface area contributed by atoms with E-state index >= 15 is 0 Å². The van der Waals surface area contributed by atoms with E-state index in [-0.39, 0.29) is 0 Å². The molecule has 0 aliphatic carbocycles. The Bertz CT molecular complexity index is 755. The van der Waals surface area contributed by atoms with Crippen LogP contribution in [0.5, 0.6) is 0 Å². The average Bonchev–Trinajstić information content (AvgIpc) is 3.27.